The van der Waals surface area contributed by atoms with Crippen molar-refractivity contribution < 1.29 is 4.74 Å². The fourth-order valence-electron chi connectivity index (χ4n) is 2.35. The molecule has 0 atom stereocenters. The average molecular weight is 250 g/mol. The van der Waals surface area contributed by atoms with Gasteiger partial charge in [-0.1, -0.05) is 24.3 Å². The van der Waals surface area contributed by atoms with Crippen LogP contribution in [0, 0.1) is 11.3 Å². The standard InChI is InChI=1S/C16H14N2O/c17-11-13-4-3-5-14(10-13)12-18-8-9-19-16-7-2-1-6-15(16)18/h1-7,10H,8-9,12H2. The van der Waals surface area contributed by atoms with Gasteiger partial charge in [0, 0.05) is 6.54 Å². The summed E-state index contributed by atoms with van der Waals surface area (Å²) in [5, 5.41) is 8.94. The molecule has 0 bridgehead atoms. The minimum atomic E-state index is 0.703. The summed E-state index contributed by atoms with van der Waals surface area (Å²) < 4.78 is 5.64. The molecular formula is C16H14N2O. The van der Waals surface area contributed by atoms with Crippen molar-refractivity contribution in [3.63, 3.8) is 0 Å². The third-order valence-electron chi connectivity index (χ3n) is 3.25. The Morgan fingerprint density at radius 2 is 2.05 bits per heavy atom. The maximum atomic E-state index is 8.94. The lowest BCUT2D eigenvalue weighted by molar-refractivity contribution is 0.307. The summed E-state index contributed by atoms with van der Waals surface area (Å²) in [6, 6.07) is 18.0. The highest BCUT2D eigenvalue weighted by molar-refractivity contribution is 5.60. The number of anilines is 1. The number of hydrogen-bond donors (Lipinski definition) is 0. The maximum Gasteiger partial charge on any atom is 0.142 e. The first kappa shape index (κ1) is 11.6. The molecule has 0 amide bonds. The molecule has 0 spiro atoms. The Morgan fingerprint density at radius 1 is 1.16 bits per heavy atom. The molecule has 1 aliphatic heterocycles. The molecular weight excluding hydrogens is 236 g/mol. The molecule has 2 aromatic carbocycles. The van der Waals surface area contributed by atoms with Crippen LogP contribution in [0.25, 0.3) is 0 Å². The maximum absolute atomic E-state index is 8.94. The Kier molecular flexibility index (Phi) is 3.07. The zero-order valence-corrected chi connectivity index (χ0v) is 10.5. The van der Waals surface area contributed by atoms with Crippen molar-refractivity contribution in [3.8, 4) is 11.8 Å². The minimum Gasteiger partial charge on any atom is -0.490 e. The van der Waals surface area contributed by atoms with Crippen molar-refractivity contribution in [2.75, 3.05) is 18.1 Å². The van der Waals surface area contributed by atoms with E-state index in [-0.39, 0.29) is 0 Å². The number of benzene rings is 2. The molecule has 0 aromatic heterocycles. The summed E-state index contributed by atoms with van der Waals surface area (Å²) in [7, 11) is 0. The molecule has 0 saturated heterocycles. The first-order valence-corrected chi connectivity index (χ1v) is 6.32. The molecule has 3 nitrogen and oxygen atoms in total. The van der Waals surface area contributed by atoms with E-state index in [1.54, 1.807) is 0 Å². The van der Waals surface area contributed by atoms with Gasteiger partial charge in [0.1, 0.15) is 12.4 Å². The molecule has 19 heavy (non-hydrogen) atoms. The van der Waals surface area contributed by atoms with E-state index in [1.807, 2.05) is 36.4 Å². The number of para-hydroxylation sites is 2. The fraction of sp³-hybridized carbons (Fsp3) is 0.188. The topological polar surface area (TPSA) is 36.3 Å². The van der Waals surface area contributed by atoms with E-state index >= 15 is 0 Å². The van der Waals surface area contributed by atoms with Crippen molar-refractivity contribution in [2.45, 2.75) is 6.54 Å². The van der Waals surface area contributed by atoms with Gasteiger partial charge in [-0.25, -0.2) is 0 Å². The van der Waals surface area contributed by atoms with Crippen molar-refractivity contribution in [1.82, 2.24) is 0 Å². The Bertz CT molecular complexity index is 631. The fourth-order valence-corrected chi connectivity index (χ4v) is 2.35. The van der Waals surface area contributed by atoms with Gasteiger partial charge in [-0.05, 0) is 29.8 Å². The van der Waals surface area contributed by atoms with Gasteiger partial charge in [0.2, 0.25) is 0 Å². The van der Waals surface area contributed by atoms with Crippen molar-refractivity contribution in [1.29, 1.82) is 5.26 Å². The molecule has 94 valence electrons. The Labute approximate surface area is 112 Å². The van der Waals surface area contributed by atoms with Crippen molar-refractivity contribution >= 4 is 5.69 Å². The summed E-state index contributed by atoms with van der Waals surface area (Å²) in [6.07, 6.45) is 0. The molecule has 2 aromatic rings. The minimum absolute atomic E-state index is 0.703. The SMILES string of the molecule is N#Cc1cccc(CN2CCOc3ccccc32)c1. The van der Waals surface area contributed by atoms with Gasteiger partial charge >= 0.3 is 0 Å². The smallest absolute Gasteiger partial charge is 0.142 e. The van der Waals surface area contributed by atoms with Crippen LogP contribution in [0.3, 0.4) is 0 Å². The lowest BCUT2D eigenvalue weighted by Gasteiger charge is -2.31. The quantitative estimate of drug-likeness (QED) is 0.822. The van der Waals surface area contributed by atoms with Crippen molar-refractivity contribution in [2.24, 2.45) is 0 Å². The van der Waals surface area contributed by atoms with Gasteiger partial charge < -0.3 is 9.64 Å². The molecule has 0 unspecified atom stereocenters. The van der Waals surface area contributed by atoms with Crippen LogP contribution < -0.4 is 9.64 Å². The van der Waals surface area contributed by atoms with E-state index in [0.29, 0.717) is 12.2 Å². The molecule has 1 aliphatic rings. The van der Waals surface area contributed by atoms with Gasteiger partial charge in [-0.15, -0.1) is 0 Å². The molecule has 1 heterocycles. The third-order valence-corrected chi connectivity index (χ3v) is 3.25. The number of fused-ring (bicyclic) bond motifs is 1. The first-order valence-electron chi connectivity index (χ1n) is 6.32. The van der Waals surface area contributed by atoms with E-state index in [9.17, 15) is 0 Å². The van der Waals surface area contributed by atoms with Crippen LogP contribution in [0.2, 0.25) is 0 Å². The van der Waals surface area contributed by atoms with Gasteiger partial charge in [0.25, 0.3) is 0 Å². The third kappa shape index (κ3) is 2.38. The van der Waals surface area contributed by atoms with Gasteiger partial charge in [-0.3, -0.25) is 0 Å². The van der Waals surface area contributed by atoms with E-state index in [0.717, 1.165) is 30.1 Å². The van der Waals surface area contributed by atoms with Gasteiger partial charge in [-0.2, -0.15) is 5.26 Å². The Hall–Kier alpha value is -2.47. The Morgan fingerprint density at radius 3 is 2.95 bits per heavy atom. The predicted octanol–water partition coefficient (Wildman–Crippen LogP) is 2.96. The zero-order chi connectivity index (χ0) is 13.1. The number of nitrogens with zero attached hydrogens (tertiary/aromatic N) is 2. The summed E-state index contributed by atoms with van der Waals surface area (Å²) in [5.74, 6) is 0.935. The molecule has 0 fully saturated rings. The lowest BCUT2D eigenvalue weighted by atomic mass is 10.1. The second-order valence-corrected chi connectivity index (χ2v) is 4.55. The summed E-state index contributed by atoms with van der Waals surface area (Å²) in [6.45, 7) is 2.37. The average Bonchev–Trinajstić information content (AvgIpc) is 2.48. The lowest BCUT2D eigenvalue weighted by Crippen LogP contribution is -2.32. The number of nitriles is 1. The highest BCUT2D eigenvalue weighted by Gasteiger charge is 2.17. The first-order chi connectivity index (χ1) is 9.36. The van der Waals surface area contributed by atoms with E-state index in [1.165, 1.54) is 0 Å². The normalized spacial score (nSPS) is 13.3. The van der Waals surface area contributed by atoms with Crippen LogP contribution in [0.5, 0.6) is 5.75 Å². The highest BCUT2D eigenvalue weighted by atomic mass is 16.5. The van der Waals surface area contributed by atoms with Crippen LogP contribution in [-0.2, 0) is 6.54 Å². The van der Waals surface area contributed by atoms with Gasteiger partial charge in [0.15, 0.2) is 0 Å². The number of hydrogen-bond acceptors (Lipinski definition) is 3. The van der Waals surface area contributed by atoms with Crippen LogP contribution in [0.15, 0.2) is 48.5 Å². The van der Waals surface area contributed by atoms with Crippen LogP contribution >= 0.6 is 0 Å². The molecule has 3 heteroatoms. The predicted molar refractivity (Wildman–Crippen MR) is 74.1 cm³/mol. The van der Waals surface area contributed by atoms with Gasteiger partial charge in [0.05, 0.1) is 23.9 Å². The Balaban J connectivity index is 1.86. The summed E-state index contributed by atoms with van der Waals surface area (Å²) >= 11 is 0. The highest BCUT2D eigenvalue weighted by Crippen LogP contribution is 2.31. The summed E-state index contributed by atoms with van der Waals surface area (Å²) in [4.78, 5) is 2.29. The second kappa shape index (κ2) is 5.03. The molecule has 0 aliphatic carbocycles. The monoisotopic (exact) mass is 250 g/mol. The van der Waals surface area contributed by atoms with E-state index in [2.05, 4.69) is 23.1 Å². The zero-order valence-electron chi connectivity index (χ0n) is 10.5. The largest absolute Gasteiger partial charge is 0.490 e. The van der Waals surface area contributed by atoms with Crippen molar-refractivity contribution in [3.05, 3.63) is 59.7 Å². The molecule has 0 radical (unpaired) electrons. The van der Waals surface area contributed by atoms with E-state index in [4.69, 9.17) is 10.00 Å². The molecule has 3 rings (SSSR count). The second-order valence-electron chi connectivity index (χ2n) is 4.55. The van der Waals surface area contributed by atoms with Crippen LogP contribution in [0.4, 0.5) is 5.69 Å². The van der Waals surface area contributed by atoms with E-state index < -0.39 is 0 Å². The summed E-state index contributed by atoms with van der Waals surface area (Å²) in [5.41, 5.74) is 2.98. The number of rotatable bonds is 2. The molecule has 0 N–H and O–H groups in total. The van der Waals surface area contributed by atoms with Crippen LogP contribution in [0.1, 0.15) is 11.1 Å². The molecule has 0 saturated carbocycles. The van der Waals surface area contributed by atoms with Crippen LogP contribution in [-0.4, -0.2) is 13.2 Å². The number of ether oxygens (including phenoxy) is 1.